The van der Waals surface area contributed by atoms with Crippen molar-refractivity contribution < 1.29 is 28.9 Å². The standard InChI is InChI=1S/C28H37NO6/c1-2-33-26(27(30)31)21-23-14-16-24(17-15-23)34-20-19-29(28(32)35-25-12-6-7-13-25)18-8-11-22-9-4-3-5-10-22/h3-5,9-10,14-17,25-26H,2,6-8,11-13,18-21H2,1H3,(H,30,31). The summed E-state index contributed by atoms with van der Waals surface area (Å²) in [4.78, 5) is 25.9. The number of benzene rings is 2. The molecule has 0 bridgehead atoms. The zero-order valence-electron chi connectivity index (χ0n) is 20.6. The number of hydrogen-bond acceptors (Lipinski definition) is 5. The summed E-state index contributed by atoms with van der Waals surface area (Å²) in [6.45, 7) is 3.52. The summed E-state index contributed by atoms with van der Waals surface area (Å²) in [5.41, 5.74) is 2.11. The molecule has 0 aromatic heterocycles. The maximum absolute atomic E-state index is 12.8. The summed E-state index contributed by atoms with van der Waals surface area (Å²) < 4.78 is 16.9. The van der Waals surface area contributed by atoms with Crippen molar-refractivity contribution in [1.82, 2.24) is 4.90 Å². The molecule has 7 heteroatoms. The second-order valence-corrected chi connectivity index (χ2v) is 8.85. The van der Waals surface area contributed by atoms with Gasteiger partial charge < -0.3 is 24.2 Å². The van der Waals surface area contributed by atoms with Crippen LogP contribution in [0, 0.1) is 0 Å². The molecule has 1 aliphatic carbocycles. The van der Waals surface area contributed by atoms with Gasteiger partial charge in [-0.05, 0) is 68.7 Å². The zero-order chi connectivity index (χ0) is 24.9. The Hall–Kier alpha value is -3.06. The third-order valence-corrected chi connectivity index (χ3v) is 6.18. The third kappa shape index (κ3) is 9.25. The Morgan fingerprint density at radius 2 is 1.71 bits per heavy atom. The van der Waals surface area contributed by atoms with Crippen LogP contribution in [-0.4, -0.2) is 60.6 Å². The first-order valence-electron chi connectivity index (χ1n) is 12.6. The molecule has 2 aromatic carbocycles. The molecule has 1 unspecified atom stereocenters. The van der Waals surface area contributed by atoms with Gasteiger partial charge in [-0.1, -0.05) is 42.5 Å². The summed E-state index contributed by atoms with van der Waals surface area (Å²) in [5.74, 6) is -0.297. The van der Waals surface area contributed by atoms with E-state index in [-0.39, 0.29) is 12.2 Å². The van der Waals surface area contributed by atoms with E-state index in [2.05, 4.69) is 12.1 Å². The number of nitrogens with zero attached hydrogens (tertiary/aromatic N) is 1. The molecule has 3 rings (SSSR count). The number of aryl methyl sites for hydroxylation is 1. The minimum Gasteiger partial charge on any atom is -0.492 e. The number of rotatable bonds is 14. The van der Waals surface area contributed by atoms with Crippen molar-refractivity contribution >= 4 is 12.1 Å². The van der Waals surface area contributed by atoms with Crippen LogP contribution in [0.25, 0.3) is 0 Å². The third-order valence-electron chi connectivity index (χ3n) is 6.18. The second kappa shape index (κ2) is 14.4. The summed E-state index contributed by atoms with van der Waals surface area (Å²) in [5, 5.41) is 9.26. The predicted molar refractivity (Wildman–Crippen MR) is 134 cm³/mol. The number of carbonyl (C=O) groups excluding carboxylic acids is 1. The lowest BCUT2D eigenvalue weighted by atomic mass is 10.1. The lowest BCUT2D eigenvalue weighted by Crippen LogP contribution is -2.37. The van der Waals surface area contributed by atoms with Crippen molar-refractivity contribution in [3.63, 3.8) is 0 Å². The van der Waals surface area contributed by atoms with Crippen LogP contribution in [0.4, 0.5) is 4.79 Å². The highest BCUT2D eigenvalue weighted by Gasteiger charge is 2.23. The molecular weight excluding hydrogens is 446 g/mol. The Bertz CT molecular complexity index is 895. The monoisotopic (exact) mass is 483 g/mol. The Morgan fingerprint density at radius 3 is 2.37 bits per heavy atom. The maximum atomic E-state index is 12.8. The van der Waals surface area contributed by atoms with E-state index in [1.54, 1.807) is 11.8 Å². The summed E-state index contributed by atoms with van der Waals surface area (Å²) in [6.07, 6.45) is 5.06. The van der Waals surface area contributed by atoms with E-state index >= 15 is 0 Å². The van der Waals surface area contributed by atoms with Crippen molar-refractivity contribution in [2.45, 2.75) is 64.1 Å². The molecule has 0 saturated heterocycles. The molecule has 1 saturated carbocycles. The molecule has 1 N–H and O–H groups in total. The first-order valence-corrected chi connectivity index (χ1v) is 12.6. The number of hydrogen-bond donors (Lipinski definition) is 1. The van der Waals surface area contributed by atoms with Gasteiger partial charge in [0.05, 0.1) is 6.54 Å². The van der Waals surface area contributed by atoms with E-state index in [1.807, 2.05) is 42.5 Å². The number of carboxylic acids is 1. The van der Waals surface area contributed by atoms with Crippen molar-refractivity contribution in [3.05, 3.63) is 65.7 Å². The molecule has 2 aromatic rings. The van der Waals surface area contributed by atoms with Gasteiger partial charge in [-0.3, -0.25) is 0 Å². The summed E-state index contributed by atoms with van der Waals surface area (Å²) in [7, 11) is 0. The Labute approximate surface area is 208 Å². The molecule has 1 fully saturated rings. The van der Waals surface area contributed by atoms with Crippen LogP contribution in [0.3, 0.4) is 0 Å². The molecule has 0 heterocycles. The van der Waals surface area contributed by atoms with Crippen LogP contribution in [-0.2, 0) is 27.1 Å². The maximum Gasteiger partial charge on any atom is 0.410 e. The van der Waals surface area contributed by atoms with Gasteiger partial charge in [-0.15, -0.1) is 0 Å². The van der Waals surface area contributed by atoms with Crippen molar-refractivity contribution in [1.29, 1.82) is 0 Å². The van der Waals surface area contributed by atoms with Crippen LogP contribution < -0.4 is 4.74 Å². The fourth-order valence-corrected chi connectivity index (χ4v) is 4.26. The van der Waals surface area contributed by atoms with Crippen molar-refractivity contribution in [2.75, 3.05) is 26.3 Å². The fraction of sp³-hybridized carbons (Fsp3) is 0.500. The minimum absolute atomic E-state index is 0.0268. The molecule has 1 aliphatic rings. The van der Waals surface area contributed by atoms with E-state index in [9.17, 15) is 14.7 Å². The Morgan fingerprint density at radius 1 is 1.00 bits per heavy atom. The first kappa shape index (κ1) is 26.5. The van der Waals surface area contributed by atoms with Crippen LogP contribution in [0.2, 0.25) is 0 Å². The van der Waals surface area contributed by atoms with Gasteiger partial charge in [0.2, 0.25) is 0 Å². The van der Waals surface area contributed by atoms with Crippen molar-refractivity contribution in [2.24, 2.45) is 0 Å². The SMILES string of the molecule is CCOC(Cc1ccc(OCCN(CCCc2ccccc2)C(=O)OC2CCCC2)cc1)C(=O)O. The zero-order valence-corrected chi connectivity index (χ0v) is 20.6. The number of carbonyl (C=O) groups is 2. The fourth-order valence-electron chi connectivity index (χ4n) is 4.26. The van der Waals surface area contributed by atoms with Crippen LogP contribution in [0.15, 0.2) is 54.6 Å². The topological polar surface area (TPSA) is 85.3 Å². The molecule has 1 atom stereocenters. The van der Waals surface area contributed by atoms with Gasteiger partial charge >= 0.3 is 12.1 Å². The molecule has 7 nitrogen and oxygen atoms in total. The first-order chi connectivity index (χ1) is 17.0. The largest absolute Gasteiger partial charge is 0.492 e. The minimum atomic E-state index is -0.968. The number of carboxylic acid groups (broad SMARTS) is 1. The van der Waals surface area contributed by atoms with Crippen LogP contribution >= 0.6 is 0 Å². The molecule has 0 spiro atoms. The average Bonchev–Trinajstić information content (AvgIpc) is 3.37. The van der Waals surface area contributed by atoms with Gasteiger partial charge in [-0.2, -0.15) is 0 Å². The van der Waals surface area contributed by atoms with E-state index < -0.39 is 12.1 Å². The normalized spacial score (nSPS) is 14.4. The van der Waals surface area contributed by atoms with E-state index in [4.69, 9.17) is 14.2 Å². The van der Waals surface area contributed by atoms with Crippen LogP contribution in [0.5, 0.6) is 5.75 Å². The van der Waals surface area contributed by atoms with Gasteiger partial charge in [0.25, 0.3) is 0 Å². The molecular formula is C28H37NO6. The average molecular weight is 484 g/mol. The Balaban J connectivity index is 1.49. The number of amides is 1. The van der Waals surface area contributed by atoms with Gasteiger partial charge in [0.1, 0.15) is 18.5 Å². The quantitative estimate of drug-likeness (QED) is 0.402. The van der Waals surface area contributed by atoms with E-state index in [1.165, 1.54) is 5.56 Å². The molecule has 0 radical (unpaired) electrons. The van der Waals surface area contributed by atoms with Gasteiger partial charge in [-0.25, -0.2) is 9.59 Å². The summed E-state index contributed by atoms with van der Waals surface area (Å²) in [6, 6.07) is 17.6. The number of ether oxygens (including phenoxy) is 3. The van der Waals surface area contributed by atoms with Gasteiger partial charge in [0.15, 0.2) is 6.10 Å². The van der Waals surface area contributed by atoms with Crippen LogP contribution in [0.1, 0.15) is 50.2 Å². The highest BCUT2D eigenvalue weighted by molar-refractivity contribution is 5.72. The highest BCUT2D eigenvalue weighted by Crippen LogP contribution is 2.22. The summed E-state index contributed by atoms with van der Waals surface area (Å²) >= 11 is 0. The molecule has 0 aliphatic heterocycles. The van der Waals surface area contributed by atoms with E-state index in [0.717, 1.165) is 44.1 Å². The highest BCUT2D eigenvalue weighted by atomic mass is 16.6. The lowest BCUT2D eigenvalue weighted by Gasteiger charge is -2.24. The smallest absolute Gasteiger partial charge is 0.410 e. The lowest BCUT2D eigenvalue weighted by molar-refractivity contribution is -0.149. The molecule has 1 amide bonds. The Kier molecular flexibility index (Phi) is 10.9. The van der Waals surface area contributed by atoms with E-state index in [0.29, 0.717) is 38.5 Å². The van der Waals surface area contributed by atoms with Gasteiger partial charge in [0, 0.05) is 19.6 Å². The second-order valence-electron chi connectivity index (χ2n) is 8.85. The predicted octanol–water partition coefficient (Wildman–Crippen LogP) is 5.11. The van der Waals surface area contributed by atoms with Crippen molar-refractivity contribution in [3.8, 4) is 5.75 Å². The number of aliphatic carboxylic acids is 1. The molecule has 35 heavy (non-hydrogen) atoms. The molecule has 190 valence electrons.